The third-order valence-corrected chi connectivity index (χ3v) is 4.23. The Balaban J connectivity index is 1.76. The zero-order valence-electron chi connectivity index (χ0n) is 14.1. The van der Waals surface area contributed by atoms with Crippen molar-refractivity contribution < 1.29 is 9.32 Å². The van der Waals surface area contributed by atoms with Gasteiger partial charge in [-0.1, -0.05) is 19.0 Å². The number of piperazine rings is 1. The van der Waals surface area contributed by atoms with E-state index in [2.05, 4.69) is 34.1 Å². The lowest BCUT2D eigenvalue weighted by atomic mass is 10.1. The summed E-state index contributed by atoms with van der Waals surface area (Å²) in [5.41, 5.74) is 0.765. The number of amides is 1. The Morgan fingerprint density at radius 3 is 2.55 bits per heavy atom. The second kappa shape index (κ2) is 7.74. The fraction of sp³-hybridized carbons (Fsp3) is 0.750. The van der Waals surface area contributed by atoms with Gasteiger partial charge >= 0.3 is 0 Å². The maximum absolute atomic E-state index is 12.3. The summed E-state index contributed by atoms with van der Waals surface area (Å²) in [4.78, 5) is 17.0. The minimum absolute atomic E-state index is 0.0354. The van der Waals surface area contributed by atoms with Crippen molar-refractivity contribution >= 4 is 11.8 Å². The van der Waals surface area contributed by atoms with Crippen molar-refractivity contribution in [2.45, 2.75) is 40.2 Å². The quantitative estimate of drug-likeness (QED) is 0.870. The molecule has 0 saturated carbocycles. The first-order valence-electron chi connectivity index (χ1n) is 8.16. The smallest absolute Gasteiger partial charge is 0.243 e. The van der Waals surface area contributed by atoms with Gasteiger partial charge in [0.05, 0.1) is 11.7 Å². The van der Waals surface area contributed by atoms with E-state index in [9.17, 15) is 4.79 Å². The number of nitrogens with zero attached hydrogens (tertiary/aromatic N) is 3. The molecule has 6 nitrogen and oxygen atoms in total. The van der Waals surface area contributed by atoms with E-state index < -0.39 is 0 Å². The number of anilines is 1. The van der Waals surface area contributed by atoms with Gasteiger partial charge in [0, 0.05) is 32.2 Å². The van der Waals surface area contributed by atoms with Crippen LogP contribution in [0.15, 0.2) is 10.6 Å². The summed E-state index contributed by atoms with van der Waals surface area (Å²) in [7, 11) is 0. The average molecular weight is 308 g/mol. The summed E-state index contributed by atoms with van der Waals surface area (Å²) in [6.07, 6.45) is 1.24. The molecule has 6 heteroatoms. The maximum atomic E-state index is 12.3. The van der Waals surface area contributed by atoms with Crippen LogP contribution in [0.3, 0.4) is 0 Å². The Morgan fingerprint density at radius 2 is 2.00 bits per heavy atom. The molecule has 0 aliphatic carbocycles. The summed E-state index contributed by atoms with van der Waals surface area (Å²) in [5.74, 6) is 1.13. The van der Waals surface area contributed by atoms with Crippen molar-refractivity contribution in [2.75, 3.05) is 38.0 Å². The van der Waals surface area contributed by atoms with Gasteiger partial charge in [-0.2, -0.15) is 0 Å². The lowest BCUT2D eigenvalue weighted by Crippen LogP contribution is -2.52. The Labute approximate surface area is 132 Å². The fourth-order valence-electron chi connectivity index (χ4n) is 2.63. The van der Waals surface area contributed by atoms with E-state index in [1.807, 2.05) is 13.8 Å². The van der Waals surface area contributed by atoms with E-state index in [0.717, 1.165) is 44.3 Å². The standard InChI is InChI=1S/C16H28N4O2/c1-12(2)5-6-19-7-9-20(10-8-19)14(4)16(21)17-15-11-13(3)18-22-15/h11-12,14H,5-10H2,1-4H3,(H,17,21)/t14-/m0/s1. The highest BCUT2D eigenvalue weighted by atomic mass is 16.5. The van der Waals surface area contributed by atoms with E-state index in [0.29, 0.717) is 5.88 Å². The van der Waals surface area contributed by atoms with Crippen molar-refractivity contribution in [1.29, 1.82) is 0 Å². The Morgan fingerprint density at radius 1 is 1.32 bits per heavy atom. The van der Waals surface area contributed by atoms with Gasteiger partial charge in [0.25, 0.3) is 0 Å². The number of rotatable bonds is 6. The number of hydrogen-bond donors (Lipinski definition) is 1. The first kappa shape index (κ1) is 17.0. The molecular formula is C16H28N4O2. The Bertz CT molecular complexity index is 478. The third kappa shape index (κ3) is 4.81. The summed E-state index contributed by atoms with van der Waals surface area (Å²) in [5, 5.41) is 6.56. The molecule has 0 spiro atoms. The van der Waals surface area contributed by atoms with E-state index >= 15 is 0 Å². The zero-order chi connectivity index (χ0) is 16.1. The topological polar surface area (TPSA) is 61.6 Å². The predicted molar refractivity (Wildman–Crippen MR) is 86.8 cm³/mol. The van der Waals surface area contributed by atoms with Gasteiger partial charge in [-0.3, -0.25) is 15.0 Å². The van der Waals surface area contributed by atoms with Gasteiger partial charge in [-0.15, -0.1) is 0 Å². The number of hydrogen-bond acceptors (Lipinski definition) is 5. The lowest BCUT2D eigenvalue weighted by molar-refractivity contribution is -0.121. The van der Waals surface area contributed by atoms with Crippen LogP contribution in [0, 0.1) is 12.8 Å². The van der Waals surface area contributed by atoms with E-state index in [4.69, 9.17) is 4.52 Å². The fourth-order valence-corrected chi connectivity index (χ4v) is 2.63. The molecule has 1 fully saturated rings. The molecule has 124 valence electrons. The van der Waals surface area contributed by atoms with Gasteiger partial charge in [-0.05, 0) is 32.7 Å². The summed E-state index contributed by atoms with van der Waals surface area (Å²) in [6.45, 7) is 13.4. The largest absolute Gasteiger partial charge is 0.338 e. The second-order valence-corrected chi connectivity index (χ2v) is 6.56. The van der Waals surface area contributed by atoms with Crippen molar-refractivity contribution in [2.24, 2.45) is 5.92 Å². The molecule has 1 N–H and O–H groups in total. The minimum Gasteiger partial charge on any atom is -0.338 e. The summed E-state index contributed by atoms with van der Waals surface area (Å²) < 4.78 is 5.04. The molecule has 1 aromatic heterocycles. The molecular weight excluding hydrogens is 280 g/mol. The molecule has 0 radical (unpaired) electrons. The van der Waals surface area contributed by atoms with Crippen molar-refractivity contribution in [3.8, 4) is 0 Å². The molecule has 1 atom stereocenters. The van der Waals surface area contributed by atoms with Gasteiger partial charge < -0.3 is 9.42 Å². The van der Waals surface area contributed by atoms with Gasteiger partial charge in [0.2, 0.25) is 11.8 Å². The monoisotopic (exact) mass is 308 g/mol. The molecule has 1 amide bonds. The SMILES string of the molecule is Cc1cc(NC(=O)[C@H](C)N2CCN(CCC(C)C)CC2)on1. The van der Waals surface area contributed by atoms with E-state index in [1.54, 1.807) is 6.07 Å². The molecule has 1 aromatic rings. The van der Waals surface area contributed by atoms with Crippen molar-refractivity contribution in [3.05, 3.63) is 11.8 Å². The second-order valence-electron chi connectivity index (χ2n) is 6.56. The van der Waals surface area contributed by atoms with Crippen LogP contribution in [0.4, 0.5) is 5.88 Å². The van der Waals surface area contributed by atoms with E-state index in [1.165, 1.54) is 6.42 Å². The molecule has 1 saturated heterocycles. The maximum Gasteiger partial charge on any atom is 0.243 e. The molecule has 2 heterocycles. The van der Waals surface area contributed by atoms with Crippen LogP contribution < -0.4 is 5.32 Å². The Kier molecular flexibility index (Phi) is 5.97. The van der Waals surface area contributed by atoms with Gasteiger partial charge in [-0.25, -0.2) is 0 Å². The normalized spacial score (nSPS) is 18.6. The highest BCUT2D eigenvalue weighted by molar-refractivity contribution is 5.93. The number of aryl methyl sites for hydroxylation is 1. The van der Waals surface area contributed by atoms with Crippen LogP contribution in [0.25, 0.3) is 0 Å². The van der Waals surface area contributed by atoms with Crippen LogP contribution in [-0.4, -0.2) is 59.6 Å². The van der Waals surface area contributed by atoms with Crippen LogP contribution >= 0.6 is 0 Å². The molecule has 0 bridgehead atoms. The first-order valence-corrected chi connectivity index (χ1v) is 8.16. The summed E-state index contributed by atoms with van der Waals surface area (Å²) >= 11 is 0. The molecule has 1 aliphatic rings. The molecule has 0 unspecified atom stereocenters. The van der Waals surface area contributed by atoms with Crippen molar-refractivity contribution in [1.82, 2.24) is 15.0 Å². The highest BCUT2D eigenvalue weighted by Crippen LogP contribution is 2.12. The minimum atomic E-state index is -0.155. The van der Waals surface area contributed by atoms with Gasteiger partial charge in [0.1, 0.15) is 0 Å². The van der Waals surface area contributed by atoms with Crippen LogP contribution in [0.5, 0.6) is 0 Å². The molecule has 0 aromatic carbocycles. The predicted octanol–water partition coefficient (Wildman–Crippen LogP) is 1.97. The average Bonchev–Trinajstić information content (AvgIpc) is 2.90. The number of carbonyl (C=O) groups is 1. The van der Waals surface area contributed by atoms with Crippen molar-refractivity contribution in [3.63, 3.8) is 0 Å². The van der Waals surface area contributed by atoms with Crippen LogP contribution in [0.1, 0.15) is 32.9 Å². The molecule has 2 rings (SSSR count). The number of carbonyl (C=O) groups excluding carboxylic acids is 1. The third-order valence-electron chi connectivity index (χ3n) is 4.23. The number of aromatic nitrogens is 1. The van der Waals surface area contributed by atoms with E-state index in [-0.39, 0.29) is 11.9 Å². The highest BCUT2D eigenvalue weighted by Gasteiger charge is 2.26. The molecule has 1 aliphatic heterocycles. The van der Waals surface area contributed by atoms with Gasteiger partial charge in [0.15, 0.2) is 0 Å². The first-order chi connectivity index (χ1) is 10.5. The zero-order valence-corrected chi connectivity index (χ0v) is 14.1. The lowest BCUT2D eigenvalue weighted by Gasteiger charge is -2.37. The Hall–Kier alpha value is -1.40. The van der Waals surface area contributed by atoms with Crippen LogP contribution in [-0.2, 0) is 4.79 Å². The number of nitrogens with one attached hydrogen (secondary N) is 1. The molecule has 22 heavy (non-hydrogen) atoms. The summed E-state index contributed by atoms with van der Waals surface area (Å²) in [6, 6.07) is 1.58. The van der Waals surface area contributed by atoms with Crippen LogP contribution in [0.2, 0.25) is 0 Å².